The van der Waals surface area contributed by atoms with Crippen molar-refractivity contribution in [2.75, 3.05) is 0 Å². The molecule has 0 aliphatic heterocycles. The highest BCUT2D eigenvalue weighted by Gasteiger charge is 2.10. The van der Waals surface area contributed by atoms with E-state index in [9.17, 15) is 9.59 Å². The Morgan fingerprint density at radius 3 is 2.69 bits per heavy atom. The van der Waals surface area contributed by atoms with Gasteiger partial charge in [-0.1, -0.05) is 35.9 Å². The number of H-pyrrole nitrogens is 1. The maximum atomic E-state index is 12.2. The Hall–Kier alpha value is -2.66. The van der Waals surface area contributed by atoms with E-state index >= 15 is 0 Å². The van der Waals surface area contributed by atoms with Crippen LogP contribution in [0.4, 0.5) is 0 Å². The minimum absolute atomic E-state index is 0.00675. The van der Waals surface area contributed by atoms with Gasteiger partial charge in [0.2, 0.25) is 5.91 Å². The summed E-state index contributed by atoms with van der Waals surface area (Å²) in [6.45, 7) is 1.96. The Bertz CT molecular complexity index is 967. The Morgan fingerprint density at radius 1 is 1.19 bits per heavy atom. The summed E-state index contributed by atoms with van der Waals surface area (Å²) in [6, 6.07) is 14.8. The zero-order valence-electron chi connectivity index (χ0n) is 14.5. The first-order valence-corrected chi connectivity index (χ1v) is 8.91. The van der Waals surface area contributed by atoms with Gasteiger partial charge < -0.3 is 10.3 Å². The summed E-state index contributed by atoms with van der Waals surface area (Å²) in [5.41, 5.74) is 1.58. The summed E-state index contributed by atoms with van der Waals surface area (Å²) in [7, 11) is 0. The highest BCUT2D eigenvalue weighted by atomic mass is 35.5. The zero-order valence-corrected chi connectivity index (χ0v) is 15.2. The van der Waals surface area contributed by atoms with E-state index in [0.717, 1.165) is 12.0 Å². The molecule has 0 saturated carbocycles. The number of aromatic amines is 1. The Kier molecular flexibility index (Phi) is 5.68. The fraction of sp³-hybridized carbons (Fsp3) is 0.250. The van der Waals surface area contributed by atoms with Crippen LogP contribution in [0.2, 0.25) is 5.02 Å². The molecule has 5 nitrogen and oxygen atoms in total. The molecule has 26 heavy (non-hydrogen) atoms. The number of carbonyl (C=O) groups excluding carboxylic acids is 1. The fourth-order valence-corrected chi connectivity index (χ4v) is 2.98. The van der Waals surface area contributed by atoms with Crippen LogP contribution in [0.1, 0.15) is 24.7 Å². The van der Waals surface area contributed by atoms with E-state index < -0.39 is 0 Å². The summed E-state index contributed by atoms with van der Waals surface area (Å²) >= 11 is 5.88. The Morgan fingerprint density at radius 2 is 1.92 bits per heavy atom. The SMILES string of the molecule is C[C@H](Cc1ccc(Cl)cc1)NC(=O)CCc1nc2ccccc2c(=O)[nH]1. The van der Waals surface area contributed by atoms with E-state index in [4.69, 9.17) is 11.6 Å². The van der Waals surface area contributed by atoms with Gasteiger partial charge in [0, 0.05) is 23.9 Å². The summed E-state index contributed by atoms with van der Waals surface area (Å²) in [4.78, 5) is 31.4. The number of fused-ring (bicyclic) bond motifs is 1. The van der Waals surface area contributed by atoms with E-state index in [1.165, 1.54) is 0 Å². The van der Waals surface area contributed by atoms with E-state index in [1.807, 2.05) is 37.3 Å². The molecular weight excluding hydrogens is 350 g/mol. The van der Waals surface area contributed by atoms with Crippen molar-refractivity contribution in [2.45, 2.75) is 32.2 Å². The van der Waals surface area contributed by atoms with Crippen molar-refractivity contribution < 1.29 is 4.79 Å². The van der Waals surface area contributed by atoms with Crippen LogP contribution in [0.5, 0.6) is 0 Å². The maximum Gasteiger partial charge on any atom is 0.258 e. The number of aryl methyl sites for hydroxylation is 1. The van der Waals surface area contributed by atoms with Crippen molar-refractivity contribution in [3.8, 4) is 0 Å². The number of hydrogen-bond acceptors (Lipinski definition) is 3. The molecule has 2 aromatic carbocycles. The molecule has 0 spiro atoms. The lowest BCUT2D eigenvalue weighted by atomic mass is 10.1. The molecule has 134 valence electrons. The minimum Gasteiger partial charge on any atom is -0.353 e. The largest absolute Gasteiger partial charge is 0.353 e. The minimum atomic E-state index is -0.179. The summed E-state index contributed by atoms with van der Waals surface area (Å²) in [5, 5.41) is 4.22. The summed E-state index contributed by atoms with van der Waals surface area (Å²) < 4.78 is 0. The Labute approximate surface area is 156 Å². The monoisotopic (exact) mass is 369 g/mol. The van der Waals surface area contributed by atoms with E-state index in [0.29, 0.717) is 28.2 Å². The van der Waals surface area contributed by atoms with Crippen molar-refractivity contribution in [1.29, 1.82) is 0 Å². The number of benzene rings is 2. The lowest BCUT2D eigenvalue weighted by molar-refractivity contribution is -0.121. The quantitative estimate of drug-likeness (QED) is 0.700. The number of halogens is 1. The highest BCUT2D eigenvalue weighted by Crippen LogP contribution is 2.11. The van der Waals surface area contributed by atoms with Gasteiger partial charge in [0.05, 0.1) is 10.9 Å². The van der Waals surface area contributed by atoms with Crippen molar-refractivity contribution >= 4 is 28.4 Å². The summed E-state index contributed by atoms with van der Waals surface area (Å²) in [5.74, 6) is 0.455. The molecule has 0 radical (unpaired) electrons. The number of carbonyl (C=O) groups is 1. The van der Waals surface area contributed by atoms with Crippen LogP contribution in [0.3, 0.4) is 0 Å². The van der Waals surface area contributed by atoms with Crippen LogP contribution >= 0.6 is 11.6 Å². The number of para-hydroxylation sites is 1. The van der Waals surface area contributed by atoms with Crippen LogP contribution in [0.15, 0.2) is 53.3 Å². The maximum absolute atomic E-state index is 12.2. The molecule has 0 bridgehead atoms. The molecule has 6 heteroatoms. The van der Waals surface area contributed by atoms with Crippen LogP contribution < -0.4 is 10.9 Å². The number of amides is 1. The topological polar surface area (TPSA) is 74.8 Å². The lowest BCUT2D eigenvalue weighted by Crippen LogP contribution is -2.34. The Balaban J connectivity index is 1.55. The molecule has 1 atom stereocenters. The third-order valence-corrected chi connectivity index (χ3v) is 4.37. The number of aromatic nitrogens is 2. The lowest BCUT2D eigenvalue weighted by Gasteiger charge is -2.14. The number of nitrogens with one attached hydrogen (secondary N) is 2. The van der Waals surface area contributed by atoms with Gasteiger partial charge in [-0.25, -0.2) is 4.98 Å². The van der Waals surface area contributed by atoms with Gasteiger partial charge in [-0.2, -0.15) is 0 Å². The normalized spacial score (nSPS) is 12.1. The third kappa shape index (κ3) is 4.70. The predicted octanol–water partition coefficient (Wildman–Crippen LogP) is 3.26. The van der Waals surface area contributed by atoms with Gasteiger partial charge >= 0.3 is 0 Å². The molecule has 3 aromatic rings. The standard InChI is InChI=1S/C20H20ClN3O2/c1-13(12-14-6-8-15(21)9-7-14)22-19(25)11-10-18-23-17-5-3-2-4-16(17)20(26)24-18/h2-9,13H,10-12H2,1H3,(H,22,25)(H,23,24,26)/t13-/m1/s1. The molecule has 0 unspecified atom stereocenters. The smallest absolute Gasteiger partial charge is 0.258 e. The fourth-order valence-electron chi connectivity index (χ4n) is 2.86. The van der Waals surface area contributed by atoms with Crippen molar-refractivity contribution in [3.63, 3.8) is 0 Å². The number of hydrogen-bond donors (Lipinski definition) is 2. The van der Waals surface area contributed by atoms with Crippen molar-refractivity contribution in [2.24, 2.45) is 0 Å². The van der Waals surface area contributed by atoms with Gasteiger partial charge in [0.15, 0.2) is 0 Å². The van der Waals surface area contributed by atoms with Gasteiger partial charge in [-0.05, 0) is 43.2 Å². The van der Waals surface area contributed by atoms with Crippen LogP contribution in [-0.2, 0) is 17.6 Å². The highest BCUT2D eigenvalue weighted by molar-refractivity contribution is 6.30. The molecular formula is C20H20ClN3O2. The zero-order chi connectivity index (χ0) is 18.5. The van der Waals surface area contributed by atoms with Gasteiger partial charge in [0.1, 0.15) is 5.82 Å². The van der Waals surface area contributed by atoms with Crippen LogP contribution in [0.25, 0.3) is 10.9 Å². The van der Waals surface area contributed by atoms with Crippen molar-refractivity contribution in [1.82, 2.24) is 15.3 Å². The van der Waals surface area contributed by atoms with Crippen LogP contribution in [-0.4, -0.2) is 21.9 Å². The van der Waals surface area contributed by atoms with E-state index in [2.05, 4.69) is 15.3 Å². The van der Waals surface area contributed by atoms with Crippen molar-refractivity contribution in [3.05, 3.63) is 75.3 Å². The van der Waals surface area contributed by atoms with Gasteiger partial charge in [-0.3, -0.25) is 9.59 Å². The first-order chi connectivity index (χ1) is 12.5. The second-order valence-corrected chi connectivity index (χ2v) is 6.77. The van der Waals surface area contributed by atoms with E-state index in [1.54, 1.807) is 18.2 Å². The molecule has 0 saturated heterocycles. The molecule has 0 aliphatic rings. The first kappa shape index (κ1) is 18.1. The molecule has 0 aliphatic carbocycles. The first-order valence-electron chi connectivity index (χ1n) is 8.53. The summed E-state index contributed by atoms with van der Waals surface area (Å²) in [6.07, 6.45) is 1.39. The molecule has 3 rings (SSSR count). The van der Waals surface area contributed by atoms with Crippen LogP contribution in [0, 0.1) is 0 Å². The molecule has 0 fully saturated rings. The van der Waals surface area contributed by atoms with Gasteiger partial charge in [0.25, 0.3) is 5.56 Å². The number of rotatable bonds is 6. The predicted molar refractivity (Wildman–Crippen MR) is 103 cm³/mol. The molecule has 1 aromatic heterocycles. The van der Waals surface area contributed by atoms with E-state index in [-0.39, 0.29) is 23.9 Å². The number of nitrogens with zero attached hydrogens (tertiary/aromatic N) is 1. The third-order valence-electron chi connectivity index (χ3n) is 4.11. The van der Waals surface area contributed by atoms with Gasteiger partial charge in [-0.15, -0.1) is 0 Å². The average Bonchev–Trinajstić information content (AvgIpc) is 2.62. The average molecular weight is 370 g/mol. The molecule has 1 amide bonds. The second-order valence-electron chi connectivity index (χ2n) is 6.33. The molecule has 1 heterocycles. The molecule has 2 N–H and O–H groups in total. The second kappa shape index (κ2) is 8.15.